The maximum absolute atomic E-state index is 11.5. The van der Waals surface area contributed by atoms with E-state index in [9.17, 15) is 9.90 Å². The molecule has 1 aliphatic rings. The molecule has 1 aromatic rings. The summed E-state index contributed by atoms with van der Waals surface area (Å²) in [5.41, 5.74) is 2.67. The molecule has 0 aromatic heterocycles. The van der Waals surface area contributed by atoms with Crippen molar-refractivity contribution in [2.24, 2.45) is 0 Å². The average Bonchev–Trinajstić information content (AvgIpc) is 2.61. The van der Waals surface area contributed by atoms with Crippen molar-refractivity contribution in [3.63, 3.8) is 0 Å². The summed E-state index contributed by atoms with van der Waals surface area (Å²) >= 11 is 0. The maximum Gasteiger partial charge on any atom is 0.320 e. The summed E-state index contributed by atoms with van der Waals surface area (Å²) in [4.78, 5) is 13.6. The van der Waals surface area contributed by atoms with Crippen LogP contribution in [0.1, 0.15) is 43.7 Å². The number of carbonyl (C=O) groups is 1. The molecule has 19 heavy (non-hydrogen) atoms. The molecule has 1 aliphatic heterocycles. The van der Waals surface area contributed by atoms with E-state index in [0.717, 1.165) is 45.2 Å². The summed E-state index contributed by atoms with van der Waals surface area (Å²) in [6.07, 6.45) is 4.90. The summed E-state index contributed by atoms with van der Waals surface area (Å²) in [6, 6.07) is 8.09. The number of carboxylic acid groups (broad SMARTS) is 1. The Kier molecular flexibility index (Phi) is 4.97. The second-order valence-electron chi connectivity index (χ2n) is 5.34. The molecule has 1 heterocycles. The molecule has 104 valence electrons. The van der Waals surface area contributed by atoms with E-state index in [2.05, 4.69) is 30.0 Å². The molecular formula is C16H23NO2. The summed E-state index contributed by atoms with van der Waals surface area (Å²) in [5.74, 6) is -0.673. The van der Waals surface area contributed by atoms with Crippen LogP contribution in [0.25, 0.3) is 0 Å². The van der Waals surface area contributed by atoms with Crippen molar-refractivity contribution in [2.75, 3.05) is 6.54 Å². The second kappa shape index (κ2) is 6.71. The van der Waals surface area contributed by atoms with Crippen molar-refractivity contribution in [3.8, 4) is 0 Å². The number of unbranched alkanes of at least 4 members (excludes halogenated alkanes) is 1. The summed E-state index contributed by atoms with van der Waals surface area (Å²) in [5, 5.41) is 9.45. The molecule has 1 N–H and O–H groups in total. The smallest absolute Gasteiger partial charge is 0.320 e. The first-order valence-corrected chi connectivity index (χ1v) is 7.26. The van der Waals surface area contributed by atoms with Gasteiger partial charge in [0.05, 0.1) is 0 Å². The van der Waals surface area contributed by atoms with Gasteiger partial charge in [-0.05, 0) is 36.9 Å². The Morgan fingerprint density at radius 1 is 1.37 bits per heavy atom. The Hall–Kier alpha value is -1.35. The molecule has 3 nitrogen and oxygen atoms in total. The molecule has 1 atom stereocenters. The summed E-state index contributed by atoms with van der Waals surface area (Å²) in [6.45, 7) is 3.77. The van der Waals surface area contributed by atoms with Crippen LogP contribution in [-0.4, -0.2) is 28.6 Å². The minimum absolute atomic E-state index is 0.328. The zero-order valence-corrected chi connectivity index (χ0v) is 11.6. The number of benzene rings is 1. The van der Waals surface area contributed by atoms with Gasteiger partial charge in [-0.25, -0.2) is 0 Å². The monoisotopic (exact) mass is 261 g/mol. The number of hydrogen-bond acceptors (Lipinski definition) is 2. The van der Waals surface area contributed by atoms with Gasteiger partial charge < -0.3 is 5.11 Å². The average molecular weight is 261 g/mol. The third-order valence-electron chi connectivity index (χ3n) is 3.94. The lowest BCUT2D eigenvalue weighted by atomic mass is 10.0. The first-order valence-electron chi connectivity index (χ1n) is 7.26. The Labute approximate surface area is 115 Å². The molecule has 3 heteroatoms. The number of aryl methyl sites for hydroxylation is 1. The number of nitrogens with zero attached hydrogens (tertiary/aromatic N) is 1. The third kappa shape index (κ3) is 3.57. The van der Waals surface area contributed by atoms with Crippen molar-refractivity contribution >= 4 is 5.97 Å². The van der Waals surface area contributed by atoms with Crippen LogP contribution in [0.3, 0.4) is 0 Å². The van der Waals surface area contributed by atoms with E-state index in [1.807, 2.05) is 6.07 Å². The van der Waals surface area contributed by atoms with Gasteiger partial charge in [0, 0.05) is 6.54 Å². The lowest BCUT2D eigenvalue weighted by molar-refractivity contribution is -0.143. The summed E-state index contributed by atoms with van der Waals surface area (Å²) < 4.78 is 0. The molecule has 2 rings (SSSR count). The van der Waals surface area contributed by atoms with E-state index in [1.54, 1.807) is 0 Å². The van der Waals surface area contributed by atoms with Gasteiger partial charge in [0.2, 0.25) is 0 Å². The normalized spacial score (nSPS) is 17.5. The Morgan fingerprint density at radius 2 is 2.11 bits per heavy atom. The van der Waals surface area contributed by atoms with Gasteiger partial charge in [0.1, 0.15) is 6.04 Å². The van der Waals surface area contributed by atoms with Crippen LogP contribution in [0.4, 0.5) is 0 Å². The zero-order chi connectivity index (χ0) is 13.7. The van der Waals surface area contributed by atoms with Crippen LogP contribution in [-0.2, 0) is 17.8 Å². The van der Waals surface area contributed by atoms with Gasteiger partial charge >= 0.3 is 5.97 Å². The van der Waals surface area contributed by atoms with Crippen LogP contribution < -0.4 is 0 Å². The first kappa shape index (κ1) is 14.1. The molecule has 0 amide bonds. The second-order valence-corrected chi connectivity index (χ2v) is 5.34. The minimum atomic E-state index is -0.673. The van der Waals surface area contributed by atoms with E-state index in [0.29, 0.717) is 0 Å². The van der Waals surface area contributed by atoms with Gasteiger partial charge in [-0.3, -0.25) is 9.69 Å². The third-order valence-corrected chi connectivity index (χ3v) is 3.94. The standard InChI is InChI=1S/C16H23NO2/c1-2-3-10-15(16(18)19)17-11-6-9-13-7-4-5-8-14(13)12-17/h4-5,7-8,15H,2-3,6,9-12H2,1H3,(H,18,19). The van der Waals surface area contributed by atoms with Crippen molar-refractivity contribution in [1.29, 1.82) is 0 Å². The molecule has 0 saturated heterocycles. The predicted octanol–water partition coefficient (Wildman–Crippen LogP) is 3.08. The van der Waals surface area contributed by atoms with Gasteiger partial charge in [-0.15, -0.1) is 0 Å². The van der Waals surface area contributed by atoms with Gasteiger partial charge in [-0.1, -0.05) is 44.0 Å². The SMILES string of the molecule is CCCCC(C(=O)O)N1CCCc2ccccc2C1. The predicted molar refractivity (Wildman–Crippen MR) is 76.1 cm³/mol. The molecule has 0 spiro atoms. The van der Waals surface area contributed by atoms with Crippen LogP contribution in [0.5, 0.6) is 0 Å². The van der Waals surface area contributed by atoms with Crippen molar-refractivity contribution < 1.29 is 9.90 Å². The fraction of sp³-hybridized carbons (Fsp3) is 0.562. The highest BCUT2D eigenvalue weighted by atomic mass is 16.4. The number of fused-ring (bicyclic) bond motifs is 1. The van der Waals surface area contributed by atoms with Gasteiger partial charge in [-0.2, -0.15) is 0 Å². The van der Waals surface area contributed by atoms with Crippen LogP contribution in [0, 0.1) is 0 Å². The van der Waals surface area contributed by atoms with Gasteiger partial charge in [0.25, 0.3) is 0 Å². The van der Waals surface area contributed by atoms with Crippen LogP contribution >= 0.6 is 0 Å². The minimum Gasteiger partial charge on any atom is -0.480 e. The molecule has 0 bridgehead atoms. The van der Waals surface area contributed by atoms with E-state index < -0.39 is 5.97 Å². The molecule has 0 radical (unpaired) electrons. The fourth-order valence-electron chi connectivity index (χ4n) is 2.85. The highest BCUT2D eigenvalue weighted by molar-refractivity contribution is 5.73. The largest absolute Gasteiger partial charge is 0.480 e. The topological polar surface area (TPSA) is 40.5 Å². The molecular weight excluding hydrogens is 238 g/mol. The Morgan fingerprint density at radius 3 is 2.79 bits per heavy atom. The van der Waals surface area contributed by atoms with Crippen molar-refractivity contribution in [3.05, 3.63) is 35.4 Å². The lowest BCUT2D eigenvalue weighted by Gasteiger charge is -2.27. The Balaban J connectivity index is 2.13. The lowest BCUT2D eigenvalue weighted by Crippen LogP contribution is -2.40. The van der Waals surface area contributed by atoms with Gasteiger partial charge in [0.15, 0.2) is 0 Å². The van der Waals surface area contributed by atoms with E-state index in [1.165, 1.54) is 11.1 Å². The van der Waals surface area contributed by atoms with Crippen molar-refractivity contribution in [1.82, 2.24) is 4.90 Å². The fourth-order valence-corrected chi connectivity index (χ4v) is 2.85. The number of carboxylic acids is 1. The maximum atomic E-state index is 11.5. The molecule has 1 unspecified atom stereocenters. The highest BCUT2D eigenvalue weighted by Crippen LogP contribution is 2.21. The molecule has 0 fully saturated rings. The Bertz CT molecular complexity index is 431. The first-order chi connectivity index (χ1) is 9.22. The summed E-state index contributed by atoms with van der Waals surface area (Å²) in [7, 11) is 0. The zero-order valence-electron chi connectivity index (χ0n) is 11.6. The highest BCUT2D eigenvalue weighted by Gasteiger charge is 2.26. The van der Waals surface area contributed by atoms with E-state index in [-0.39, 0.29) is 6.04 Å². The molecule has 0 saturated carbocycles. The number of hydrogen-bond donors (Lipinski definition) is 1. The van der Waals surface area contributed by atoms with E-state index in [4.69, 9.17) is 0 Å². The van der Waals surface area contributed by atoms with Crippen LogP contribution in [0.2, 0.25) is 0 Å². The quantitative estimate of drug-likeness (QED) is 0.885. The van der Waals surface area contributed by atoms with Crippen LogP contribution in [0.15, 0.2) is 24.3 Å². The number of aliphatic carboxylic acids is 1. The number of rotatable bonds is 5. The molecule has 1 aromatic carbocycles. The van der Waals surface area contributed by atoms with E-state index >= 15 is 0 Å². The van der Waals surface area contributed by atoms with Crippen molar-refractivity contribution in [2.45, 2.75) is 51.6 Å². The molecule has 0 aliphatic carbocycles.